The Labute approximate surface area is 106 Å². The molecule has 1 aliphatic carbocycles. The molecule has 2 nitrogen and oxygen atoms in total. The third kappa shape index (κ3) is 2.16. The molecule has 0 spiro atoms. The van der Waals surface area contributed by atoms with Crippen molar-refractivity contribution in [3.63, 3.8) is 0 Å². The molecule has 0 aliphatic heterocycles. The van der Waals surface area contributed by atoms with Crippen LogP contribution in [0.15, 0.2) is 23.7 Å². The molecule has 1 heterocycles. The van der Waals surface area contributed by atoms with Gasteiger partial charge in [0.25, 0.3) is 0 Å². The molecule has 0 saturated heterocycles. The molecule has 0 atom stereocenters. The van der Waals surface area contributed by atoms with Gasteiger partial charge in [-0.2, -0.15) is 0 Å². The van der Waals surface area contributed by atoms with E-state index in [9.17, 15) is 0 Å². The smallest absolute Gasteiger partial charge is 0.0813 e. The Morgan fingerprint density at radius 2 is 2.18 bits per heavy atom. The van der Waals surface area contributed by atoms with Crippen molar-refractivity contribution in [1.82, 2.24) is 4.98 Å². The largest absolute Gasteiger partial charge is 0.382 e. The van der Waals surface area contributed by atoms with E-state index in [4.69, 9.17) is 0 Å². The predicted octanol–water partition coefficient (Wildman–Crippen LogP) is 4.14. The minimum Gasteiger partial charge on any atom is -0.382 e. The molecule has 1 aromatic heterocycles. The molecule has 1 N–H and O–H groups in total. The van der Waals surface area contributed by atoms with E-state index in [-0.39, 0.29) is 0 Å². The Hall–Kier alpha value is -1.09. The summed E-state index contributed by atoms with van der Waals surface area (Å²) in [6.07, 6.45) is 2.64. The van der Waals surface area contributed by atoms with Gasteiger partial charge in [0.2, 0.25) is 0 Å². The molecule has 2 aromatic rings. The highest BCUT2D eigenvalue weighted by molar-refractivity contribution is 7.16. The third-order valence-electron chi connectivity index (χ3n) is 3.82. The van der Waals surface area contributed by atoms with Crippen molar-refractivity contribution in [3.05, 3.63) is 23.7 Å². The van der Waals surface area contributed by atoms with Crippen LogP contribution < -0.4 is 5.32 Å². The molecule has 17 heavy (non-hydrogen) atoms. The van der Waals surface area contributed by atoms with E-state index >= 15 is 0 Å². The SMILES string of the molecule is CC(C)C1CC(Nc2ccc3ncsc3c2)C1. The lowest BCUT2D eigenvalue weighted by Gasteiger charge is -2.39. The fraction of sp³-hybridized carbons (Fsp3) is 0.500. The summed E-state index contributed by atoms with van der Waals surface area (Å²) in [4.78, 5) is 4.30. The highest BCUT2D eigenvalue weighted by Crippen LogP contribution is 2.35. The molecule has 0 bridgehead atoms. The zero-order valence-corrected chi connectivity index (χ0v) is 11.1. The van der Waals surface area contributed by atoms with Crippen LogP contribution in [0, 0.1) is 11.8 Å². The van der Waals surface area contributed by atoms with E-state index in [1.165, 1.54) is 23.2 Å². The Bertz CT molecular complexity index is 512. The van der Waals surface area contributed by atoms with Crippen molar-refractivity contribution >= 4 is 27.2 Å². The van der Waals surface area contributed by atoms with Gasteiger partial charge in [-0.3, -0.25) is 0 Å². The number of hydrogen-bond acceptors (Lipinski definition) is 3. The van der Waals surface area contributed by atoms with E-state index in [0.29, 0.717) is 6.04 Å². The molecule has 1 aliphatic rings. The maximum absolute atomic E-state index is 4.30. The summed E-state index contributed by atoms with van der Waals surface area (Å²) < 4.78 is 1.27. The number of benzene rings is 1. The minimum absolute atomic E-state index is 0.674. The number of fused-ring (bicyclic) bond motifs is 1. The van der Waals surface area contributed by atoms with Gasteiger partial charge in [0.05, 0.1) is 15.7 Å². The average Bonchev–Trinajstić information content (AvgIpc) is 2.69. The van der Waals surface area contributed by atoms with Crippen LogP contribution in [0.3, 0.4) is 0 Å². The van der Waals surface area contributed by atoms with Gasteiger partial charge in [0.1, 0.15) is 0 Å². The summed E-state index contributed by atoms with van der Waals surface area (Å²) in [5.41, 5.74) is 4.26. The molecule has 3 heteroatoms. The van der Waals surface area contributed by atoms with Crippen molar-refractivity contribution in [2.24, 2.45) is 11.8 Å². The summed E-state index contributed by atoms with van der Waals surface area (Å²) in [5.74, 6) is 1.75. The van der Waals surface area contributed by atoms with E-state index < -0.39 is 0 Å². The van der Waals surface area contributed by atoms with Crippen molar-refractivity contribution in [3.8, 4) is 0 Å². The van der Waals surface area contributed by atoms with E-state index in [2.05, 4.69) is 42.3 Å². The zero-order valence-electron chi connectivity index (χ0n) is 10.3. The van der Waals surface area contributed by atoms with Crippen LogP contribution in [0.25, 0.3) is 10.2 Å². The number of nitrogens with one attached hydrogen (secondary N) is 1. The molecule has 1 aromatic carbocycles. The van der Waals surface area contributed by atoms with Crippen molar-refractivity contribution < 1.29 is 0 Å². The normalized spacial score (nSPS) is 23.9. The highest BCUT2D eigenvalue weighted by atomic mass is 32.1. The van der Waals surface area contributed by atoms with Crippen molar-refractivity contribution in [1.29, 1.82) is 0 Å². The van der Waals surface area contributed by atoms with Crippen LogP contribution in [-0.2, 0) is 0 Å². The molecule has 0 amide bonds. The minimum atomic E-state index is 0.674. The predicted molar refractivity (Wildman–Crippen MR) is 74.6 cm³/mol. The van der Waals surface area contributed by atoms with Gasteiger partial charge in [0, 0.05) is 11.7 Å². The standard InChI is InChI=1S/C14H18N2S/c1-9(2)10-5-12(6-10)16-11-3-4-13-14(7-11)17-8-15-13/h3-4,7-10,12,16H,5-6H2,1-2H3. The monoisotopic (exact) mass is 246 g/mol. The summed E-state index contributed by atoms with van der Waals surface area (Å²) in [6, 6.07) is 7.14. The lowest BCUT2D eigenvalue weighted by atomic mass is 9.73. The Balaban J connectivity index is 1.66. The molecular weight excluding hydrogens is 228 g/mol. The number of rotatable bonds is 3. The van der Waals surface area contributed by atoms with Gasteiger partial charge >= 0.3 is 0 Å². The molecule has 3 rings (SSSR count). The van der Waals surface area contributed by atoms with Crippen LogP contribution in [0.4, 0.5) is 5.69 Å². The van der Waals surface area contributed by atoms with Crippen LogP contribution >= 0.6 is 11.3 Å². The Kier molecular flexibility index (Phi) is 2.79. The van der Waals surface area contributed by atoms with Crippen LogP contribution in [0.1, 0.15) is 26.7 Å². The highest BCUT2D eigenvalue weighted by Gasteiger charge is 2.30. The van der Waals surface area contributed by atoms with Crippen LogP contribution in [-0.4, -0.2) is 11.0 Å². The number of anilines is 1. The van der Waals surface area contributed by atoms with Gasteiger partial charge in [0.15, 0.2) is 0 Å². The molecule has 1 saturated carbocycles. The third-order valence-corrected chi connectivity index (χ3v) is 4.61. The van der Waals surface area contributed by atoms with Gasteiger partial charge in [-0.25, -0.2) is 4.98 Å². The Morgan fingerprint density at radius 3 is 2.94 bits per heavy atom. The molecule has 0 unspecified atom stereocenters. The van der Waals surface area contributed by atoms with E-state index in [0.717, 1.165) is 17.4 Å². The van der Waals surface area contributed by atoms with E-state index in [1.54, 1.807) is 11.3 Å². The summed E-state index contributed by atoms with van der Waals surface area (Å²) in [7, 11) is 0. The lowest BCUT2D eigenvalue weighted by molar-refractivity contribution is 0.212. The van der Waals surface area contributed by atoms with E-state index in [1.807, 2.05) is 5.51 Å². The number of aromatic nitrogens is 1. The quantitative estimate of drug-likeness (QED) is 0.880. The Morgan fingerprint density at radius 1 is 1.35 bits per heavy atom. The fourth-order valence-electron chi connectivity index (χ4n) is 2.50. The molecule has 0 radical (unpaired) electrons. The maximum Gasteiger partial charge on any atom is 0.0813 e. The molecule has 1 fully saturated rings. The van der Waals surface area contributed by atoms with Crippen LogP contribution in [0.5, 0.6) is 0 Å². The van der Waals surface area contributed by atoms with Crippen molar-refractivity contribution in [2.75, 3.05) is 5.32 Å². The second-order valence-electron chi connectivity index (χ2n) is 5.35. The fourth-order valence-corrected chi connectivity index (χ4v) is 3.22. The van der Waals surface area contributed by atoms with Crippen molar-refractivity contribution in [2.45, 2.75) is 32.7 Å². The number of thiazole rings is 1. The summed E-state index contributed by atoms with van der Waals surface area (Å²) in [6.45, 7) is 4.65. The average molecular weight is 246 g/mol. The summed E-state index contributed by atoms with van der Waals surface area (Å²) >= 11 is 1.71. The zero-order chi connectivity index (χ0) is 11.8. The first kappa shape index (κ1) is 11.0. The lowest BCUT2D eigenvalue weighted by Crippen LogP contribution is -2.37. The number of nitrogens with zero attached hydrogens (tertiary/aromatic N) is 1. The first-order valence-electron chi connectivity index (χ1n) is 6.32. The van der Waals surface area contributed by atoms with Gasteiger partial charge in [-0.1, -0.05) is 13.8 Å². The molecule has 90 valence electrons. The second kappa shape index (κ2) is 4.30. The first-order chi connectivity index (χ1) is 8.22. The first-order valence-corrected chi connectivity index (χ1v) is 7.20. The molecular formula is C14H18N2S. The van der Waals surface area contributed by atoms with Gasteiger partial charge < -0.3 is 5.32 Å². The number of hydrogen-bond donors (Lipinski definition) is 1. The van der Waals surface area contributed by atoms with Gasteiger partial charge in [-0.05, 0) is 42.9 Å². The second-order valence-corrected chi connectivity index (χ2v) is 6.24. The van der Waals surface area contributed by atoms with Gasteiger partial charge in [-0.15, -0.1) is 11.3 Å². The summed E-state index contributed by atoms with van der Waals surface area (Å²) in [5, 5.41) is 3.62. The van der Waals surface area contributed by atoms with Crippen LogP contribution in [0.2, 0.25) is 0 Å². The maximum atomic E-state index is 4.30. The topological polar surface area (TPSA) is 24.9 Å².